The van der Waals surface area contributed by atoms with Crippen LogP contribution in [0.3, 0.4) is 0 Å². The van der Waals surface area contributed by atoms with Crippen molar-refractivity contribution in [2.24, 2.45) is 0 Å². The number of hydrogen-bond acceptors (Lipinski definition) is 6. The smallest absolute Gasteiger partial charge is 0.237 e. The molecule has 1 saturated heterocycles. The SMILES string of the molecule is CC(C)(CNc1ccncn1)NCC(=O)N1CCC[C@H]1C#N. The van der Waals surface area contributed by atoms with Crippen LogP contribution in [0.15, 0.2) is 18.6 Å². The molecule has 7 heteroatoms. The zero-order chi connectivity index (χ0) is 16.0. The predicted molar refractivity (Wildman–Crippen MR) is 83.0 cm³/mol. The Labute approximate surface area is 130 Å². The molecule has 1 amide bonds. The van der Waals surface area contributed by atoms with E-state index in [2.05, 4.69) is 26.7 Å². The topological polar surface area (TPSA) is 93.9 Å². The van der Waals surface area contributed by atoms with Gasteiger partial charge in [0.25, 0.3) is 0 Å². The van der Waals surface area contributed by atoms with Crippen molar-refractivity contribution in [1.29, 1.82) is 5.26 Å². The normalized spacial score (nSPS) is 18.0. The highest BCUT2D eigenvalue weighted by molar-refractivity contribution is 5.79. The van der Waals surface area contributed by atoms with E-state index in [0.717, 1.165) is 18.7 Å². The summed E-state index contributed by atoms with van der Waals surface area (Å²) in [5, 5.41) is 15.5. The molecule has 1 aliphatic heterocycles. The van der Waals surface area contributed by atoms with E-state index in [9.17, 15) is 4.79 Å². The maximum Gasteiger partial charge on any atom is 0.237 e. The fourth-order valence-electron chi connectivity index (χ4n) is 2.39. The van der Waals surface area contributed by atoms with Gasteiger partial charge in [0.15, 0.2) is 0 Å². The Morgan fingerprint density at radius 1 is 1.59 bits per heavy atom. The van der Waals surface area contributed by atoms with Gasteiger partial charge in [-0.3, -0.25) is 4.79 Å². The van der Waals surface area contributed by atoms with E-state index in [0.29, 0.717) is 13.1 Å². The first kappa shape index (κ1) is 16.2. The van der Waals surface area contributed by atoms with Crippen molar-refractivity contribution >= 4 is 11.7 Å². The highest BCUT2D eigenvalue weighted by Crippen LogP contribution is 2.16. The largest absolute Gasteiger partial charge is 0.368 e. The van der Waals surface area contributed by atoms with Gasteiger partial charge in [0, 0.05) is 24.8 Å². The van der Waals surface area contributed by atoms with Crippen LogP contribution >= 0.6 is 0 Å². The van der Waals surface area contributed by atoms with Crippen molar-refractivity contribution in [1.82, 2.24) is 20.2 Å². The van der Waals surface area contributed by atoms with E-state index in [1.54, 1.807) is 17.2 Å². The highest BCUT2D eigenvalue weighted by atomic mass is 16.2. The van der Waals surface area contributed by atoms with Crippen molar-refractivity contribution in [2.75, 3.05) is 25.0 Å². The quantitative estimate of drug-likeness (QED) is 0.806. The molecule has 1 atom stereocenters. The average Bonchev–Trinajstić information content (AvgIpc) is 3.00. The van der Waals surface area contributed by atoms with Gasteiger partial charge in [0.1, 0.15) is 18.2 Å². The monoisotopic (exact) mass is 302 g/mol. The van der Waals surface area contributed by atoms with Gasteiger partial charge in [-0.15, -0.1) is 0 Å². The zero-order valence-electron chi connectivity index (χ0n) is 13.0. The number of amides is 1. The van der Waals surface area contributed by atoms with Crippen LogP contribution in [0, 0.1) is 11.3 Å². The zero-order valence-corrected chi connectivity index (χ0v) is 13.0. The Kier molecular flexibility index (Phi) is 5.28. The summed E-state index contributed by atoms with van der Waals surface area (Å²) in [6.45, 7) is 5.56. The second kappa shape index (κ2) is 7.18. The molecule has 0 aliphatic carbocycles. The standard InChI is InChI=1S/C15H22N6O/c1-15(2,10-18-13-5-6-17-11-19-13)20-9-14(22)21-7-3-4-12(21)8-16/h5-6,11-12,20H,3-4,7,9-10H2,1-2H3,(H,17,18,19)/t12-/m0/s1. The molecule has 1 aliphatic rings. The summed E-state index contributed by atoms with van der Waals surface area (Å²) in [6, 6.07) is 3.72. The lowest BCUT2D eigenvalue weighted by Gasteiger charge is -2.28. The number of aromatic nitrogens is 2. The lowest BCUT2D eigenvalue weighted by molar-refractivity contribution is -0.130. The van der Waals surface area contributed by atoms with E-state index < -0.39 is 0 Å². The highest BCUT2D eigenvalue weighted by Gasteiger charge is 2.29. The molecule has 7 nitrogen and oxygen atoms in total. The third-order valence-corrected chi connectivity index (χ3v) is 3.73. The number of carbonyl (C=O) groups excluding carboxylic acids is 1. The maximum absolute atomic E-state index is 12.2. The minimum Gasteiger partial charge on any atom is -0.368 e. The summed E-state index contributed by atoms with van der Waals surface area (Å²) >= 11 is 0. The molecule has 1 fully saturated rings. The molecule has 0 unspecified atom stereocenters. The summed E-state index contributed by atoms with van der Waals surface area (Å²) in [4.78, 5) is 21.8. The lowest BCUT2D eigenvalue weighted by Crippen LogP contribution is -2.50. The number of anilines is 1. The molecule has 0 aromatic carbocycles. The van der Waals surface area contributed by atoms with E-state index in [1.807, 2.05) is 13.8 Å². The molecule has 22 heavy (non-hydrogen) atoms. The first-order valence-corrected chi connectivity index (χ1v) is 7.46. The maximum atomic E-state index is 12.2. The second-order valence-electron chi connectivity index (χ2n) is 6.06. The summed E-state index contributed by atoms with van der Waals surface area (Å²) in [5.41, 5.74) is -0.275. The molecule has 2 rings (SSSR count). The van der Waals surface area contributed by atoms with Crippen LogP contribution < -0.4 is 10.6 Å². The molecule has 2 heterocycles. The molecule has 0 radical (unpaired) electrons. The van der Waals surface area contributed by atoms with E-state index in [4.69, 9.17) is 5.26 Å². The van der Waals surface area contributed by atoms with Crippen LogP contribution in [-0.4, -0.2) is 52.0 Å². The van der Waals surface area contributed by atoms with Crippen molar-refractivity contribution < 1.29 is 4.79 Å². The van der Waals surface area contributed by atoms with Crippen molar-refractivity contribution in [3.63, 3.8) is 0 Å². The minimum atomic E-state index is -0.275. The second-order valence-corrected chi connectivity index (χ2v) is 6.06. The molecule has 2 N–H and O–H groups in total. The Balaban J connectivity index is 1.79. The van der Waals surface area contributed by atoms with Gasteiger partial charge in [-0.2, -0.15) is 5.26 Å². The number of hydrogen-bond donors (Lipinski definition) is 2. The molecule has 1 aromatic heterocycles. The number of nitrogens with one attached hydrogen (secondary N) is 2. The summed E-state index contributed by atoms with van der Waals surface area (Å²) < 4.78 is 0. The van der Waals surface area contributed by atoms with Crippen LogP contribution in [0.2, 0.25) is 0 Å². The van der Waals surface area contributed by atoms with Gasteiger partial charge in [0.2, 0.25) is 5.91 Å². The van der Waals surface area contributed by atoms with Crippen LogP contribution in [0.4, 0.5) is 5.82 Å². The number of likely N-dealkylation sites (tertiary alicyclic amines) is 1. The Bertz CT molecular complexity index is 539. The molecule has 0 bridgehead atoms. The Hall–Kier alpha value is -2.20. The van der Waals surface area contributed by atoms with Crippen molar-refractivity contribution in [2.45, 2.75) is 38.3 Å². The first-order chi connectivity index (χ1) is 10.5. The van der Waals surface area contributed by atoms with Gasteiger partial charge in [0.05, 0.1) is 12.6 Å². The fraction of sp³-hybridized carbons (Fsp3) is 0.600. The number of nitrogens with zero attached hydrogens (tertiary/aromatic N) is 4. The van der Waals surface area contributed by atoms with Gasteiger partial charge >= 0.3 is 0 Å². The van der Waals surface area contributed by atoms with Gasteiger partial charge in [-0.25, -0.2) is 9.97 Å². The lowest BCUT2D eigenvalue weighted by atomic mass is 10.1. The summed E-state index contributed by atoms with van der Waals surface area (Å²) in [5.74, 6) is 0.736. The van der Waals surface area contributed by atoms with Crippen LogP contribution in [0.25, 0.3) is 0 Å². The first-order valence-electron chi connectivity index (χ1n) is 7.46. The minimum absolute atomic E-state index is 0.0147. The number of carbonyl (C=O) groups is 1. The molecule has 118 valence electrons. The number of rotatable bonds is 6. The van der Waals surface area contributed by atoms with Crippen molar-refractivity contribution in [3.8, 4) is 6.07 Å². The Morgan fingerprint density at radius 2 is 2.41 bits per heavy atom. The third-order valence-electron chi connectivity index (χ3n) is 3.73. The van der Waals surface area contributed by atoms with Crippen LogP contribution in [0.1, 0.15) is 26.7 Å². The van der Waals surface area contributed by atoms with Gasteiger partial charge in [-0.05, 0) is 32.8 Å². The average molecular weight is 302 g/mol. The molecular weight excluding hydrogens is 280 g/mol. The van der Waals surface area contributed by atoms with E-state index >= 15 is 0 Å². The molecule has 0 saturated carbocycles. The van der Waals surface area contributed by atoms with Crippen LogP contribution in [0.5, 0.6) is 0 Å². The third kappa shape index (κ3) is 4.40. The van der Waals surface area contributed by atoms with Gasteiger partial charge < -0.3 is 15.5 Å². The molecular formula is C15H22N6O. The molecule has 0 spiro atoms. The van der Waals surface area contributed by atoms with E-state index in [1.165, 1.54) is 6.33 Å². The molecule has 1 aromatic rings. The van der Waals surface area contributed by atoms with E-state index in [-0.39, 0.29) is 24.0 Å². The van der Waals surface area contributed by atoms with Crippen molar-refractivity contribution in [3.05, 3.63) is 18.6 Å². The summed E-state index contributed by atoms with van der Waals surface area (Å²) in [7, 11) is 0. The van der Waals surface area contributed by atoms with Crippen LogP contribution in [-0.2, 0) is 4.79 Å². The Morgan fingerprint density at radius 3 is 3.09 bits per heavy atom. The van der Waals surface area contributed by atoms with Gasteiger partial charge in [-0.1, -0.05) is 0 Å². The summed E-state index contributed by atoms with van der Waals surface area (Å²) in [6.07, 6.45) is 4.85. The fourth-order valence-corrected chi connectivity index (χ4v) is 2.39. The number of nitriles is 1. The predicted octanol–water partition coefficient (Wildman–Crippen LogP) is 0.771.